The van der Waals surface area contributed by atoms with E-state index in [-0.39, 0.29) is 5.69 Å². The van der Waals surface area contributed by atoms with Gasteiger partial charge in [0.25, 0.3) is 0 Å². The molecular weight excluding hydrogens is 381 g/mol. The zero-order chi connectivity index (χ0) is 19.8. The van der Waals surface area contributed by atoms with Gasteiger partial charge in [0.2, 0.25) is 11.8 Å². The van der Waals surface area contributed by atoms with Crippen LogP contribution in [0.5, 0.6) is 0 Å². The maximum Gasteiger partial charge on any atom is 0.416 e. The molecule has 1 saturated carbocycles. The summed E-state index contributed by atoms with van der Waals surface area (Å²) in [5, 5.41) is 5.69. The summed E-state index contributed by atoms with van der Waals surface area (Å²) in [6.07, 6.45) is -3.72. The Balaban J connectivity index is 1.68. The molecule has 0 aromatic heterocycles. The van der Waals surface area contributed by atoms with Crippen molar-refractivity contribution >= 4 is 34.8 Å². The fourth-order valence-corrected chi connectivity index (χ4v) is 2.78. The highest BCUT2D eigenvalue weighted by molar-refractivity contribution is 6.31. The summed E-state index contributed by atoms with van der Waals surface area (Å²) in [5.41, 5.74) is -0.499. The number of nitrogens with one attached hydrogen (secondary N) is 2. The topological polar surface area (TPSA) is 58.2 Å². The Kier molecular flexibility index (Phi) is 4.90. The van der Waals surface area contributed by atoms with Gasteiger partial charge in [0, 0.05) is 16.4 Å². The second kappa shape index (κ2) is 6.88. The average molecular weight is 397 g/mol. The zero-order valence-electron chi connectivity index (χ0n) is 14.3. The van der Waals surface area contributed by atoms with Crippen molar-refractivity contribution in [3.8, 4) is 0 Å². The molecule has 2 N–H and O–H groups in total. The summed E-state index contributed by atoms with van der Waals surface area (Å²) in [7, 11) is 0. The van der Waals surface area contributed by atoms with E-state index in [2.05, 4.69) is 10.6 Å². The first-order valence-electron chi connectivity index (χ1n) is 8.18. The van der Waals surface area contributed by atoms with Gasteiger partial charge in [-0.1, -0.05) is 17.7 Å². The van der Waals surface area contributed by atoms with Crippen molar-refractivity contribution < 1.29 is 22.8 Å². The van der Waals surface area contributed by atoms with Gasteiger partial charge in [0.05, 0.1) is 5.56 Å². The molecule has 8 heteroatoms. The van der Waals surface area contributed by atoms with Gasteiger partial charge in [-0.15, -0.1) is 0 Å². The molecule has 1 aliphatic rings. The van der Waals surface area contributed by atoms with E-state index < -0.39 is 29.0 Å². The third-order valence-electron chi connectivity index (χ3n) is 4.52. The lowest BCUT2D eigenvalue weighted by Gasteiger charge is -2.16. The van der Waals surface area contributed by atoms with Crippen LogP contribution in [0.3, 0.4) is 0 Å². The number of aryl methyl sites for hydroxylation is 1. The molecule has 2 aromatic rings. The van der Waals surface area contributed by atoms with Crippen LogP contribution in [0.4, 0.5) is 24.5 Å². The molecule has 0 spiro atoms. The van der Waals surface area contributed by atoms with Gasteiger partial charge in [-0.3, -0.25) is 9.59 Å². The summed E-state index contributed by atoms with van der Waals surface area (Å²) in [5.74, 6) is -1.01. The molecule has 1 fully saturated rings. The van der Waals surface area contributed by atoms with E-state index in [0.29, 0.717) is 23.6 Å². The van der Waals surface area contributed by atoms with Crippen LogP contribution >= 0.6 is 11.6 Å². The van der Waals surface area contributed by atoms with E-state index in [1.165, 1.54) is 0 Å². The Morgan fingerprint density at radius 2 is 1.48 bits per heavy atom. The maximum absolute atomic E-state index is 12.6. The average Bonchev–Trinajstić information content (AvgIpc) is 3.40. The van der Waals surface area contributed by atoms with Crippen LogP contribution in [0.2, 0.25) is 5.02 Å². The van der Waals surface area contributed by atoms with E-state index in [0.717, 1.165) is 29.8 Å². The first kappa shape index (κ1) is 19.2. The number of amides is 2. The first-order chi connectivity index (χ1) is 12.6. The molecule has 2 aromatic carbocycles. The third-order valence-corrected chi connectivity index (χ3v) is 4.93. The highest BCUT2D eigenvalue weighted by Crippen LogP contribution is 2.47. The Morgan fingerprint density at radius 3 is 1.96 bits per heavy atom. The van der Waals surface area contributed by atoms with Crippen LogP contribution in [-0.4, -0.2) is 11.8 Å². The minimum atomic E-state index is -4.45. The minimum absolute atomic E-state index is 0.199. The Bertz CT molecular complexity index is 891. The predicted molar refractivity (Wildman–Crippen MR) is 96.6 cm³/mol. The van der Waals surface area contributed by atoms with Crippen LogP contribution in [0.15, 0.2) is 42.5 Å². The second-order valence-corrected chi connectivity index (χ2v) is 6.94. The molecule has 0 bridgehead atoms. The van der Waals surface area contributed by atoms with Crippen LogP contribution in [0, 0.1) is 12.3 Å². The molecule has 2 amide bonds. The number of anilines is 2. The number of carbonyl (C=O) groups is 2. The van der Waals surface area contributed by atoms with E-state index in [1.807, 2.05) is 6.92 Å². The fourth-order valence-electron chi connectivity index (χ4n) is 2.60. The zero-order valence-corrected chi connectivity index (χ0v) is 15.0. The van der Waals surface area contributed by atoms with Gasteiger partial charge in [-0.2, -0.15) is 13.2 Å². The predicted octanol–water partition coefficient (Wildman–Crippen LogP) is 5.02. The SMILES string of the molecule is Cc1ccc(NC(=O)C2(C(=O)Nc3ccc(C(F)(F)F)cc3)CC2)cc1Cl. The van der Waals surface area contributed by atoms with Crippen molar-refractivity contribution in [3.63, 3.8) is 0 Å². The largest absolute Gasteiger partial charge is 0.416 e. The molecule has 0 heterocycles. The Hall–Kier alpha value is -2.54. The normalized spacial score (nSPS) is 15.1. The number of hydrogen-bond donors (Lipinski definition) is 2. The first-order valence-corrected chi connectivity index (χ1v) is 8.56. The van der Waals surface area contributed by atoms with Crippen LogP contribution in [-0.2, 0) is 15.8 Å². The van der Waals surface area contributed by atoms with Crippen LogP contribution < -0.4 is 10.6 Å². The Morgan fingerprint density at radius 1 is 0.963 bits per heavy atom. The standard InChI is InChI=1S/C19H16ClF3N2O2/c1-11-2-5-14(10-15(11)20)25-17(27)18(8-9-18)16(26)24-13-6-3-12(4-7-13)19(21,22)23/h2-7,10H,8-9H2,1H3,(H,24,26)(H,25,27). The maximum atomic E-state index is 12.6. The lowest BCUT2D eigenvalue weighted by atomic mass is 10.0. The molecule has 0 atom stereocenters. The fraction of sp³-hybridized carbons (Fsp3) is 0.263. The van der Waals surface area contributed by atoms with E-state index in [1.54, 1.807) is 18.2 Å². The molecule has 0 saturated heterocycles. The van der Waals surface area contributed by atoms with Crippen molar-refractivity contribution in [3.05, 3.63) is 58.6 Å². The molecule has 0 unspecified atom stereocenters. The summed E-state index contributed by atoms with van der Waals surface area (Å²) < 4.78 is 37.8. The number of rotatable bonds is 4. The van der Waals surface area contributed by atoms with Gasteiger partial charge in [-0.25, -0.2) is 0 Å². The summed E-state index contributed by atoms with van der Waals surface area (Å²) in [6, 6.07) is 9.11. The van der Waals surface area contributed by atoms with Gasteiger partial charge in [-0.05, 0) is 61.7 Å². The molecule has 0 radical (unpaired) electrons. The summed E-state index contributed by atoms with van der Waals surface area (Å²) in [4.78, 5) is 25.1. The highest BCUT2D eigenvalue weighted by atomic mass is 35.5. The van der Waals surface area contributed by atoms with E-state index in [4.69, 9.17) is 11.6 Å². The number of hydrogen-bond acceptors (Lipinski definition) is 2. The third kappa shape index (κ3) is 4.08. The molecular formula is C19H16ClF3N2O2. The molecule has 1 aliphatic carbocycles. The van der Waals surface area contributed by atoms with Crippen LogP contribution in [0.1, 0.15) is 24.0 Å². The van der Waals surface area contributed by atoms with Crippen molar-refractivity contribution in [2.24, 2.45) is 5.41 Å². The van der Waals surface area contributed by atoms with Gasteiger partial charge in [0.15, 0.2) is 0 Å². The number of halogens is 4. The van der Waals surface area contributed by atoms with E-state index in [9.17, 15) is 22.8 Å². The Labute approximate surface area is 158 Å². The van der Waals surface area contributed by atoms with Gasteiger partial charge in [0.1, 0.15) is 5.41 Å². The molecule has 4 nitrogen and oxygen atoms in total. The summed E-state index contributed by atoms with van der Waals surface area (Å²) >= 11 is 6.03. The quantitative estimate of drug-likeness (QED) is 0.712. The highest BCUT2D eigenvalue weighted by Gasteiger charge is 2.56. The molecule has 27 heavy (non-hydrogen) atoms. The smallest absolute Gasteiger partial charge is 0.325 e. The number of benzene rings is 2. The summed E-state index contributed by atoms with van der Waals surface area (Å²) in [6.45, 7) is 1.83. The number of carbonyl (C=O) groups excluding carboxylic acids is 2. The second-order valence-electron chi connectivity index (χ2n) is 6.53. The molecule has 0 aliphatic heterocycles. The van der Waals surface area contributed by atoms with Crippen molar-refractivity contribution in [1.82, 2.24) is 0 Å². The van der Waals surface area contributed by atoms with Crippen molar-refractivity contribution in [2.75, 3.05) is 10.6 Å². The van der Waals surface area contributed by atoms with E-state index >= 15 is 0 Å². The van der Waals surface area contributed by atoms with Crippen molar-refractivity contribution in [1.29, 1.82) is 0 Å². The molecule has 142 valence electrons. The van der Waals surface area contributed by atoms with Crippen molar-refractivity contribution in [2.45, 2.75) is 25.9 Å². The van der Waals surface area contributed by atoms with Gasteiger partial charge >= 0.3 is 6.18 Å². The van der Waals surface area contributed by atoms with Gasteiger partial charge < -0.3 is 10.6 Å². The van der Waals surface area contributed by atoms with Crippen LogP contribution in [0.25, 0.3) is 0 Å². The lowest BCUT2D eigenvalue weighted by molar-refractivity contribution is -0.137. The minimum Gasteiger partial charge on any atom is -0.325 e. The monoisotopic (exact) mass is 396 g/mol. The molecule has 3 rings (SSSR count). The lowest BCUT2D eigenvalue weighted by Crippen LogP contribution is -2.35. The number of alkyl halides is 3.